The van der Waals surface area contributed by atoms with Crippen LogP contribution < -0.4 is 5.73 Å². The molecular formula is C25H25N5O2. The highest BCUT2D eigenvalue weighted by Gasteiger charge is 2.19. The average Bonchev–Trinajstić information content (AvgIpc) is 3.22. The molecule has 0 atom stereocenters. The summed E-state index contributed by atoms with van der Waals surface area (Å²) in [6, 6.07) is 12.8. The third-order valence-electron chi connectivity index (χ3n) is 5.74. The first kappa shape index (κ1) is 21.2. The van der Waals surface area contributed by atoms with Crippen LogP contribution in [0.1, 0.15) is 37.4 Å². The highest BCUT2D eigenvalue weighted by Crippen LogP contribution is 2.29. The highest BCUT2D eigenvalue weighted by molar-refractivity contribution is 6.07. The summed E-state index contributed by atoms with van der Waals surface area (Å²) in [6.07, 6.45) is 3.63. The van der Waals surface area contributed by atoms with E-state index in [1.165, 1.54) is 0 Å². The summed E-state index contributed by atoms with van der Waals surface area (Å²) >= 11 is 0. The summed E-state index contributed by atoms with van der Waals surface area (Å²) in [5, 5.41) is 5.07. The third kappa shape index (κ3) is 3.97. The lowest BCUT2D eigenvalue weighted by molar-refractivity contribution is 0.0786. The van der Waals surface area contributed by atoms with Crippen LogP contribution in [-0.4, -0.2) is 38.5 Å². The van der Waals surface area contributed by atoms with Gasteiger partial charge in [0.15, 0.2) is 0 Å². The highest BCUT2D eigenvalue weighted by atomic mass is 16.2. The second-order valence-electron chi connectivity index (χ2n) is 8.08. The Morgan fingerprint density at radius 2 is 1.81 bits per heavy atom. The lowest BCUT2D eigenvalue weighted by Gasteiger charge is -2.20. The van der Waals surface area contributed by atoms with Gasteiger partial charge in [0.1, 0.15) is 0 Å². The van der Waals surface area contributed by atoms with Gasteiger partial charge in [-0.05, 0) is 48.7 Å². The first-order chi connectivity index (χ1) is 15.2. The van der Waals surface area contributed by atoms with Crippen molar-refractivity contribution < 1.29 is 9.59 Å². The van der Waals surface area contributed by atoms with E-state index in [0.29, 0.717) is 23.4 Å². The Morgan fingerprint density at radius 1 is 1.09 bits per heavy atom. The minimum atomic E-state index is -0.474. The van der Waals surface area contributed by atoms with Gasteiger partial charge in [-0.15, -0.1) is 0 Å². The summed E-state index contributed by atoms with van der Waals surface area (Å²) < 4.78 is 1.72. The van der Waals surface area contributed by atoms with Gasteiger partial charge in [-0.1, -0.05) is 24.3 Å². The summed E-state index contributed by atoms with van der Waals surface area (Å²) in [7, 11) is 3.62. The lowest BCUT2D eigenvalue weighted by atomic mass is 9.99. The standard InChI is InChI=1S/C25H25N5O2/c1-15-5-10-20-21(11-22(28-23(20)16(15)2)19-12-27-30(4)14-19)25(32)29(3)13-17-6-8-18(9-7-17)24(26)31/h5-12,14H,13H2,1-4H3,(H2,26,31). The number of nitrogens with zero attached hydrogens (tertiary/aromatic N) is 4. The first-order valence-electron chi connectivity index (χ1n) is 10.3. The Hall–Kier alpha value is -4.00. The molecule has 0 aliphatic rings. The molecule has 0 bridgehead atoms. The van der Waals surface area contributed by atoms with Gasteiger partial charge in [0.05, 0.1) is 23.0 Å². The number of fused-ring (bicyclic) bond motifs is 1. The van der Waals surface area contributed by atoms with E-state index in [1.807, 2.05) is 57.4 Å². The monoisotopic (exact) mass is 427 g/mol. The Kier molecular flexibility index (Phi) is 5.48. The first-order valence-corrected chi connectivity index (χ1v) is 10.3. The van der Waals surface area contributed by atoms with Crippen LogP contribution in [0.25, 0.3) is 22.2 Å². The van der Waals surface area contributed by atoms with Crippen LogP contribution in [0, 0.1) is 13.8 Å². The van der Waals surface area contributed by atoms with E-state index < -0.39 is 5.91 Å². The van der Waals surface area contributed by atoms with E-state index >= 15 is 0 Å². The molecule has 0 saturated heterocycles. The molecule has 0 saturated carbocycles. The van der Waals surface area contributed by atoms with Crippen molar-refractivity contribution in [2.75, 3.05) is 7.05 Å². The van der Waals surface area contributed by atoms with Crippen molar-refractivity contribution in [1.29, 1.82) is 0 Å². The van der Waals surface area contributed by atoms with Crippen LogP contribution >= 0.6 is 0 Å². The second-order valence-corrected chi connectivity index (χ2v) is 8.08. The van der Waals surface area contributed by atoms with Crippen LogP contribution in [-0.2, 0) is 13.6 Å². The number of carbonyl (C=O) groups is 2. The molecule has 4 aromatic rings. The summed E-state index contributed by atoms with van der Waals surface area (Å²) in [4.78, 5) is 31.4. The molecule has 0 fully saturated rings. The summed E-state index contributed by atoms with van der Waals surface area (Å²) in [5.74, 6) is -0.581. The Balaban J connectivity index is 1.75. The third-order valence-corrected chi connectivity index (χ3v) is 5.74. The van der Waals surface area contributed by atoms with Gasteiger partial charge in [0, 0.05) is 43.4 Å². The van der Waals surface area contributed by atoms with Gasteiger partial charge in [-0.2, -0.15) is 5.10 Å². The van der Waals surface area contributed by atoms with E-state index in [4.69, 9.17) is 10.7 Å². The van der Waals surface area contributed by atoms with Gasteiger partial charge >= 0.3 is 0 Å². The van der Waals surface area contributed by atoms with Crippen molar-refractivity contribution in [3.63, 3.8) is 0 Å². The number of carbonyl (C=O) groups excluding carboxylic acids is 2. The van der Waals surface area contributed by atoms with Gasteiger partial charge in [0.25, 0.3) is 5.91 Å². The molecule has 7 heteroatoms. The topological polar surface area (TPSA) is 94.1 Å². The molecular weight excluding hydrogens is 402 g/mol. The zero-order valence-corrected chi connectivity index (χ0v) is 18.6. The molecule has 2 amide bonds. The van der Waals surface area contributed by atoms with Crippen LogP contribution in [0.3, 0.4) is 0 Å². The number of benzene rings is 2. The number of nitrogens with two attached hydrogens (primary N) is 1. The van der Waals surface area contributed by atoms with E-state index in [9.17, 15) is 9.59 Å². The maximum Gasteiger partial charge on any atom is 0.254 e. The summed E-state index contributed by atoms with van der Waals surface area (Å²) in [5.41, 5.74) is 11.8. The molecule has 4 rings (SSSR count). The number of pyridine rings is 1. The van der Waals surface area contributed by atoms with E-state index in [-0.39, 0.29) is 5.91 Å². The van der Waals surface area contributed by atoms with Gasteiger partial charge in [-0.3, -0.25) is 14.3 Å². The quantitative estimate of drug-likeness (QED) is 0.526. The molecule has 2 aromatic carbocycles. The fourth-order valence-electron chi connectivity index (χ4n) is 3.73. The fraction of sp³-hybridized carbons (Fsp3) is 0.200. The Labute approximate surface area is 186 Å². The normalized spacial score (nSPS) is 11.0. The predicted octanol–water partition coefficient (Wildman–Crippen LogP) is 3.62. The lowest BCUT2D eigenvalue weighted by Crippen LogP contribution is -2.26. The van der Waals surface area contributed by atoms with Crippen molar-refractivity contribution in [2.45, 2.75) is 20.4 Å². The minimum Gasteiger partial charge on any atom is -0.366 e. The maximum absolute atomic E-state index is 13.5. The van der Waals surface area contributed by atoms with Crippen molar-refractivity contribution in [1.82, 2.24) is 19.7 Å². The number of rotatable bonds is 5. The van der Waals surface area contributed by atoms with Crippen molar-refractivity contribution in [3.05, 3.63) is 82.7 Å². The molecule has 0 spiro atoms. The molecule has 0 radical (unpaired) electrons. The SMILES string of the molecule is Cc1ccc2c(C(=O)N(C)Cc3ccc(C(N)=O)cc3)cc(-c3cnn(C)c3)nc2c1C. The molecule has 0 aliphatic heterocycles. The Morgan fingerprint density at radius 3 is 2.44 bits per heavy atom. The van der Waals surface area contributed by atoms with Crippen LogP contribution in [0.2, 0.25) is 0 Å². The number of aromatic nitrogens is 3. The zero-order chi connectivity index (χ0) is 23.0. The van der Waals surface area contributed by atoms with E-state index in [2.05, 4.69) is 5.10 Å². The maximum atomic E-state index is 13.5. The molecule has 2 heterocycles. The van der Waals surface area contributed by atoms with Gasteiger partial charge in [0.2, 0.25) is 5.91 Å². The zero-order valence-electron chi connectivity index (χ0n) is 18.6. The molecule has 2 aromatic heterocycles. The number of amides is 2. The molecule has 0 unspecified atom stereocenters. The molecule has 7 nitrogen and oxygen atoms in total. The van der Waals surface area contributed by atoms with Crippen LogP contribution in [0.15, 0.2) is 54.9 Å². The van der Waals surface area contributed by atoms with E-state index in [1.54, 1.807) is 35.0 Å². The molecule has 0 aliphatic carbocycles. The fourth-order valence-corrected chi connectivity index (χ4v) is 3.73. The number of hydrogen-bond acceptors (Lipinski definition) is 4. The van der Waals surface area contributed by atoms with E-state index in [0.717, 1.165) is 33.2 Å². The van der Waals surface area contributed by atoms with Crippen LogP contribution in [0.5, 0.6) is 0 Å². The second kappa shape index (κ2) is 8.26. The summed E-state index contributed by atoms with van der Waals surface area (Å²) in [6.45, 7) is 4.46. The number of hydrogen-bond donors (Lipinski definition) is 1. The minimum absolute atomic E-state index is 0.107. The van der Waals surface area contributed by atoms with Crippen LogP contribution in [0.4, 0.5) is 0 Å². The average molecular weight is 428 g/mol. The molecule has 32 heavy (non-hydrogen) atoms. The van der Waals surface area contributed by atoms with Gasteiger partial charge < -0.3 is 10.6 Å². The number of aryl methyl sites for hydroxylation is 3. The molecule has 2 N–H and O–H groups in total. The van der Waals surface area contributed by atoms with Crippen molar-refractivity contribution in [2.24, 2.45) is 12.8 Å². The van der Waals surface area contributed by atoms with Gasteiger partial charge in [-0.25, -0.2) is 4.98 Å². The largest absolute Gasteiger partial charge is 0.366 e. The predicted molar refractivity (Wildman–Crippen MR) is 124 cm³/mol. The molecule has 162 valence electrons. The number of primary amides is 1. The smallest absolute Gasteiger partial charge is 0.254 e. The van der Waals surface area contributed by atoms with Crippen molar-refractivity contribution >= 4 is 22.7 Å². The Bertz CT molecular complexity index is 1340. The van der Waals surface area contributed by atoms with Crippen molar-refractivity contribution in [3.8, 4) is 11.3 Å².